The Morgan fingerprint density at radius 3 is 3.00 bits per heavy atom. The first-order valence-corrected chi connectivity index (χ1v) is 10.6. The molecule has 0 bridgehead atoms. The zero-order valence-electron chi connectivity index (χ0n) is 17.4. The van der Waals surface area contributed by atoms with Gasteiger partial charge in [-0.2, -0.15) is 0 Å². The first kappa shape index (κ1) is 19.8. The summed E-state index contributed by atoms with van der Waals surface area (Å²) in [5.41, 5.74) is 3.55. The van der Waals surface area contributed by atoms with Gasteiger partial charge in [0.15, 0.2) is 5.82 Å². The molecule has 2 aliphatic rings. The molecule has 4 rings (SSSR count). The van der Waals surface area contributed by atoms with Gasteiger partial charge in [-0.25, -0.2) is 9.97 Å². The lowest BCUT2D eigenvalue weighted by Gasteiger charge is -2.35. The predicted molar refractivity (Wildman–Crippen MR) is 112 cm³/mol. The molecule has 0 saturated carbocycles. The molecule has 6 nitrogen and oxygen atoms in total. The lowest BCUT2D eigenvalue weighted by atomic mass is 10.0. The second-order valence-electron chi connectivity index (χ2n) is 8.12. The number of likely N-dealkylation sites (tertiary alicyclic amines) is 1. The van der Waals surface area contributed by atoms with Crippen LogP contribution in [0.15, 0.2) is 30.5 Å². The number of hydrogen-bond donors (Lipinski definition) is 0. The quantitative estimate of drug-likeness (QED) is 0.779. The highest BCUT2D eigenvalue weighted by atomic mass is 16.5. The molecular weight excluding hydrogens is 364 g/mol. The van der Waals surface area contributed by atoms with Gasteiger partial charge in [0.25, 0.3) is 0 Å². The Morgan fingerprint density at radius 1 is 1.28 bits per heavy atom. The smallest absolute Gasteiger partial charge is 0.220 e. The van der Waals surface area contributed by atoms with E-state index in [1.807, 2.05) is 23.2 Å². The fraction of sp³-hybridized carbons (Fsp3) is 0.522. The Bertz CT molecular complexity index is 870. The van der Waals surface area contributed by atoms with E-state index in [2.05, 4.69) is 28.9 Å². The molecule has 0 aliphatic carbocycles. The van der Waals surface area contributed by atoms with Crippen LogP contribution in [-0.2, 0) is 17.8 Å². The molecule has 2 aliphatic heterocycles. The second-order valence-corrected chi connectivity index (χ2v) is 8.12. The first-order valence-electron chi connectivity index (χ1n) is 10.6. The van der Waals surface area contributed by atoms with Gasteiger partial charge in [0.05, 0.1) is 6.04 Å². The zero-order valence-corrected chi connectivity index (χ0v) is 17.4. The molecule has 3 heterocycles. The maximum atomic E-state index is 12.0. The zero-order chi connectivity index (χ0) is 20.2. The highest BCUT2D eigenvalue weighted by Crippen LogP contribution is 2.30. The fourth-order valence-corrected chi connectivity index (χ4v) is 4.32. The molecule has 1 saturated heterocycles. The number of amides is 1. The number of aryl methyl sites for hydroxylation is 1. The molecule has 0 N–H and O–H groups in total. The van der Waals surface area contributed by atoms with E-state index in [0.717, 1.165) is 69.1 Å². The summed E-state index contributed by atoms with van der Waals surface area (Å²) in [5.74, 6) is 1.86. The van der Waals surface area contributed by atoms with Crippen LogP contribution in [0.4, 0.5) is 0 Å². The molecule has 0 radical (unpaired) electrons. The summed E-state index contributed by atoms with van der Waals surface area (Å²) in [4.78, 5) is 25.8. The van der Waals surface area contributed by atoms with Crippen LogP contribution in [0, 0.1) is 6.92 Å². The van der Waals surface area contributed by atoms with Crippen molar-refractivity contribution in [1.29, 1.82) is 0 Å². The lowest BCUT2D eigenvalue weighted by molar-refractivity contribution is -0.132. The summed E-state index contributed by atoms with van der Waals surface area (Å²) in [6.07, 6.45) is 6.05. The second kappa shape index (κ2) is 8.91. The van der Waals surface area contributed by atoms with Crippen molar-refractivity contribution in [2.24, 2.45) is 0 Å². The van der Waals surface area contributed by atoms with Gasteiger partial charge in [-0.15, -0.1) is 0 Å². The number of ether oxygens (including phenoxy) is 1. The molecule has 1 aromatic heterocycles. The molecule has 1 amide bonds. The van der Waals surface area contributed by atoms with Crippen LogP contribution >= 0.6 is 0 Å². The number of fused-ring (bicyclic) bond motifs is 1. The van der Waals surface area contributed by atoms with Crippen LogP contribution in [-0.4, -0.2) is 51.9 Å². The van der Waals surface area contributed by atoms with Crippen molar-refractivity contribution in [2.45, 2.75) is 52.1 Å². The third-order valence-electron chi connectivity index (χ3n) is 5.90. The van der Waals surface area contributed by atoms with Gasteiger partial charge in [0.1, 0.15) is 12.4 Å². The maximum Gasteiger partial charge on any atom is 0.220 e. The molecule has 1 fully saturated rings. The van der Waals surface area contributed by atoms with E-state index in [9.17, 15) is 4.79 Å². The summed E-state index contributed by atoms with van der Waals surface area (Å²) in [6.45, 7) is 7.92. The molecule has 29 heavy (non-hydrogen) atoms. The molecule has 154 valence electrons. The monoisotopic (exact) mass is 394 g/mol. The number of carbonyl (C=O) groups is 1. The van der Waals surface area contributed by atoms with E-state index in [1.54, 1.807) is 6.92 Å². The molecule has 0 spiro atoms. The van der Waals surface area contributed by atoms with E-state index in [1.165, 1.54) is 11.1 Å². The summed E-state index contributed by atoms with van der Waals surface area (Å²) >= 11 is 0. The summed E-state index contributed by atoms with van der Waals surface area (Å²) in [6, 6.07) is 8.20. The van der Waals surface area contributed by atoms with Crippen molar-refractivity contribution in [3.05, 3.63) is 53.1 Å². The average molecular weight is 395 g/mol. The van der Waals surface area contributed by atoms with Crippen LogP contribution in [0.25, 0.3) is 0 Å². The Kier molecular flexibility index (Phi) is 6.09. The first-order chi connectivity index (χ1) is 14.1. The highest BCUT2D eigenvalue weighted by molar-refractivity contribution is 5.73. The normalized spacial score (nSPS) is 19.7. The van der Waals surface area contributed by atoms with E-state index in [0.29, 0.717) is 6.61 Å². The van der Waals surface area contributed by atoms with Gasteiger partial charge < -0.3 is 9.64 Å². The average Bonchev–Trinajstić information content (AvgIpc) is 2.73. The van der Waals surface area contributed by atoms with Crippen LogP contribution in [0.2, 0.25) is 0 Å². The van der Waals surface area contributed by atoms with E-state index in [4.69, 9.17) is 9.72 Å². The standard InChI is InChI=1S/C23H30N4O2/c1-17-6-5-7-20(14-17)29-13-12-26-11-9-21-19(16-26)15-24-23(25-21)22-8-3-4-10-27(22)18(2)28/h5-7,14-15,22H,3-4,8-13,16H2,1-2H3/t22-/m0/s1. The van der Waals surface area contributed by atoms with Crippen molar-refractivity contribution in [3.8, 4) is 5.75 Å². The number of benzene rings is 1. The van der Waals surface area contributed by atoms with E-state index in [-0.39, 0.29) is 11.9 Å². The summed E-state index contributed by atoms with van der Waals surface area (Å²) < 4.78 is 5.90. The minimum atomic E-state index is 0.0345. The van der Waals surface area contributed by atoms with E-state index >= 15 is 0 Å². The van der Waals surface area contributed by atoms with Crippen LogP contribution in [0.3, 0.4) is 0 Å². The molecular formula is C23H30N4O2. The predicted octanol–water partition coefficient (Wildman–Crippen LogP) is 3.30. The largest absolute Gasteiger partial charge is 0.492 e. The Hall–Kier alpha value is -2.47. The highest BCUT2D eigenvalue weighted by Gasteiger charge is 2.29. The van der Waals surface area contributed by atoms with Gasteiger partial charge in [0.2, 0.25) is 5.91 Å². The van der Waals surface area contributed by atoms with Crippen LogP contribution < -0.4 is 4.74 Å². The Morgan fingerprint density at radius 2 is 2.17 bits per heavy atom. The van der Waals surface area contributed by atoms with Gasteiger partial charge in [-0.3, -0.25) is 9.69 Å². The maximum absolute atomic E-state index is 12.0. The molecule has 0 unspecified atom stereocenters. The third-order valence-corrected chi connectivity index (χ3v) is 5.90. The number of piperidine rings is 1. The van der Waals surface area contributed by atoms with Gasteiger partial charge >= 0.3 is 0 Å². The van der Waals surface area contributed by atoms with Crippen molar-refractivity contribution in [1.82, 2.24) is 19.8 Å². The number of carbonyl (C=O) groups excluding carboxylic acids is 1. The van der Waals surface area contributed by atoms with Crippen LogP contribution in [0.1, 0.15) is 54.9 Å². The van der Waals surface area contributed by atoms with Crippen molar-refractivity contribution >= 4 is 5.91 Å². The fourth-order valence-electron chi connectivity index (χ4n) is 4.32. The van der Waals surface area contributed by atoms with E-state index < -0.39 is 0 Å². The molecule has 6 heteroatoms. The van der Waals surface area contributed by atoms with Crippen molar-refractivity contribution in [3.63, 3.8) is 0 Å². The Balaban J connectivity index is 1.36. The Labute approximate surface area is 172 Å². The number of hydrogen-bond acceptors (Lipinski definition) is 5. The minimum Gasteiger partial charge on any atom is -0.492 e. The molecule has 2 aromatic rings. The number of aromatic nitrogens is 2. The SMILES string of the molecule is CC(=O)N1CCCC[C@H]1c1ncc2c(n1)CCN(CCOc1cccc(C)c1)C2. The van der Waals surface area contributed by atoms with Crippen LogP contribution in [0.5, 0.6) is 5.75 Å². The number of rotatable bonds is 5. The number of nitrogens with zero attached hydrogens (tertiary/aromatic N) is 4. The lowest BCUT2D eigenvalue weighted by Crippen LogP contribution is -2.38. The topological polar surface area (TPSA) is 58.6 Å². The molecule has 1 atom stereocenters. The summed E-state index contributed by atoms with van der Waals surface area (Å²) in [5, 5.41) is 0. The van der Waals surface area contributed by atoms with Crippen molar-refractivity contribution < 1.29 is 9.53 Å². The minimum absolute atomic E-state index is 0.0345. The van der Waals surface area contributed by atoms with Crippen molar-refractivity contribution in [2.75, 3.05) is 26.2 Å². The summed E-state index contributed by atoms with van der Waals surface area (Å²) in [7, 11) is 0. The third kappa shape index (κ3) is 4.75. The van der Waals surface area contributed by atoms with Gasteiger partial charge in [0, 0.05) is 57.0 Å². The van der Waals surface area contributed by atoms with Gasteiger partial charge in [-0.05, 0) is 43.9 Å². The van der Waals surface area contributed by atoms with Gasteiger partial charge in [-0.1, -0.05) is 12.1 Å². The molecule has 1 aromatic carbocycles.